The van der Waals surface area contributed by atoms with Crippen molar-refractivity contribution in [2.24, 2.45) is 0 Å². The van der Waals surface area contributed by atoms with Crippen LogP contribution in [0.1, 0.15) is 46.0 Å². The van der Waals surface area contributed by atoms with Crippen molar-refractivity contribution in [3.8, 4) is 0 Å². The Balaban J connectivity index is 2.29. The van der Waals surface area contributed by atoms with Gasteiger partial charge in [-0.05, 0) is 25.7 Å². The minimum Gasteiger partial charge on any atom is -0.419 e. The van der Waals surface area contributed by atoms with Crippen LogP contribution in [0.25, 0.3) is 0 Å². The predicted molar refractivity (Wildman–Crippen MR) is 62.2 cm³/mol. The fraction of sp³-hybridized carbons (Fsp3) is 0.917. The lowest BCUT2D eigenvalue weighted by Gasteiger charge is -2.27. The largest absolute Gasteiger partial charge is 0.419 e. The topological polar surface area (TPSA) is 38.8 Å². The summed E-state index contributed by atoms with van der Waals surface area (Å²) in [6, 6.07) is 0. The highest BCUT2D eigenvalue weighted by Crippen LogP contribution is 2.12. The molecule has 1 aliphatic rings. The zero-order valence-electron chi connectivity index (χ0n) is 10.4. The lowest BCUT2D eigenvalue weighted by molar-refractivity contribution is -0.113. The van der Waals surface area contributed by atoms with Crippen LogP contribution in [0.4, 0.5) is 4.79 Å². The highest BCUT2D eigenvalue weighted by Gasteiger charge is 2.20. The zero-order valence-corrected chi connectivity index (χ0v) is 10.4. The van der Waals surface area contributed by atoms with Crippen molar-refractivity contribution in [2.45, 2.75) is 52.2 Å². The summed E-state index contributed by atoms with van der Waals surface area (Å²) >= 11 is 0. The van der Waals surface area contributed by atoms with Gasteiger partial charge in [0.05, 0.1) is 6.61 Å². The molecule has 94 valence electrons. The normalized spacial score (nSPS) is 18.2. The number of ether oxygens (including phenoxy) is 2. The second-order valence-electron chi connectivity index (χ2n) is 4.14. The first-order chi connectivity index (χ1) is 7.77. The maximum atomic E-state index is 11.8. The van der Waals surface area contributed by atoms with Crippen LogP contribution in [0.5, 0.6) is 0 Å². The Morgan fingerprint density at radius 1 is 1.25 bits per heavy atom. The molecule has 0 N–H and O–H groups in total. The number of hydrogen-bond acceptors (Lipinski definition) is 3. The molecule has 0 saturated carbocycles. The van der Waals surface area contributed by atoms with E-state index in [2.05, 4.69) is 0 Å². The monoisotopic (exact) mass is 229 g/mol. The van der Waals surface area contributed by atoms with Crippen molar-refractivity contribution in [2.75, 3.05) is 19.7 Å². The minimum absolute atomic E-state index is 0.220. The van der Waals surface area contributed by atoms with E-state index in [9.17, 15) is 4.79 Å². The number of amides is 1. The SMILES string of the molecule is CCCOC(CC)OC(=O)N1CCCCC1. The highest BCUT2D eigenvalue weighted by atomic mass is 16.7. The van der Waals surface area contributed by atoms with Crippen molar-refractivity contribution in [3.63, 3.8) is 0 Å². The molecular formula is C12H23NO3. The first kappa shape index (κ1) is 13.3. The van der Waals surface area contributed by atoms with Crippen LogP contribution in [-0.2, 0) is 9.47 Å². The van der Waals surface area contributed by atoms with Crippen molar-refractivity contribution in [1.82, 2.24) is 4.90 Å². The standard InChI is InChI=1S/C12H23NO3/c1-3-10-15-11(4-2)16-12(14)13-8-6-5-7-9-13/h11H,3-10H2,1-2H3. The summed E-state index contributed by atoms with van der Waals surface area (Å²) in [6.45, 7) is 6.29. The Kier molecular flexibility index (Phi) is 6.23. The molecule has 1 unspecified atom stereocenters. The predicted octanol–water partition coefficient (Wildman–Crippen LogP) is 2.77. The number of carbonyl (C=O) groups excluding carboxylic acids is 1. The van der Waals surface area contributed by atoms with Gasteiger partial charge in [0, 0.05) is 19.5 Å². The average molecular weight is 229 g/mol. The molecule has 1 rings (SSSR count). The van der Waals surface area contributed by atoms with Gasteiger partial charge in [-0.15, -0.1) is 0 Å². The molecule has 0 aromatic heterocycles. The van der Waals surface area contributed by atoms with E-state index in [1.807, 2.05) is 13.8 Å². The van der Waals surface area contributed by atoms with E-state index in [1.165, 1.54) is 6.42 Å². The van der Waals surface area contributed by atoms with Gasteiger partial charge in [0.15, 0.2) is 0 Å². The summed E-state index contributed by atoms with van der Waals surface area (Å²) in [6.07, 6.45) is 4.44. The van der Waals surface area contributed by atoms with Crippen molar-refractivity contribution >= 4 is 6.09 Å². The van der Waals surface area contributed by atoms with Crippen LogP contribution in [0.3, 0.4) is 0 Å². The lowest BCUT2D eigenvalue weighted by Crippen LogP contribution is -2.38. The molecule has 0 radical (unpaired) electrons. The highest BCUT2D eigenvalue weighted by molar-refractivity contribution is 5.67. The van der Waals surface area contributed by atoms with Gasteiger partial charge in [-0.1, -0.05) is 13.8 Å². The van der Waals surface area contributed by atoms with Crippen molar-refractivity contribution in [1.29, 1.82) is 0 Å². The van der Waals surface area contributed by atoms with Gasteiger partial charge in [-0.25, -0.2) is 4.79 Å². The molecule has 4 heteroatoms. The third-order valence-corrected chi connectivity index (χ3v) is 2.69. The third-order valence-electron chi connectivity index (χ3n) is 2.69. The number of piperidine rings is 1. The van der Waals surface area contributed by atoms with Gasteiger partial charge >= 0.3 is 6.09 Å². The minimum atomic E-state index is -0.380. The van der Waals surface area contributed by atoms with E-state index >= 15 is 0 Å². The van der Waals surface area contributed by atoms with Gasteiger partial charge in [-0.3, -0.25) is 0 Å². The molecule has 1 atom stereocenters. The van der Waals surface area contributed by atoms with Crippen LogP contribution in [-0.4, -0.2) is 37.0 Å². The molecule has 1 amide bonds. The maximum absolute atomic E-state index is 11.8. The Labute approximate surface area is 97.9 Å². The van der Waals surface area contributed by atoms with Gasteiger partial charge in [0.1, 0.15) is 0 Å². The van der Waals surface area contributed by atoms with Crippen LogP contribution in [0.15, 0.2) is 0 Å². The van der Waals surface area contributed by atoms with Crippen molar-refractivity contribution in [3.05, 3.63) is 0 Å². The molecule has 1 fully saturated rings. The van der Waals surface area contributed by atoms with Crippen LogP contribution in [0.2, 0.25) is 0 Å². The fourth-order valence-electron chi connectivity index (χ4n) is 1.75. The van der Waals surface area contributed by atoms with Crippen LogP contribution >= 0.6 is 0 Å². The summed E-state index contributed by atoms with van der Waals surface area (Å²) in [7, 11) is 0. The summed E-state index contributed by atoms with van der Waals surface area (Å²) < 4.78 is 10.7. The van der Waals surface area contributed by atoms with Crippen LogP contribution < -0.4 is 0 Å². The molecule has 0 bridgehead atoms. The molecular weight excluding hydrogens is 206 g/mol. The van der Waals surface area contributed by atoms with E-state index in [4.69, 9.17) is 9.47 Å². The van der Waals surface area contributed by atoms with Gasteiger partial charge in [0.2, 0.25) is 6.29 Å². The van der Waals surface area contributed by atoms with Gasteiger partial charge < -0.3 is 14.4 Å². The summed E-state index contributed by atoms with van der Waals surface area (Å²) in [5.41, 5.74) is 0. The van der Waals surface area contributed by atoms with E-state index in [0.717, 1.165) is 32.4 Å². The fourth-order valence-corrected chi connectivity index (χ4v) is 1.75. The number of likely N-dealkylation sites (tertiary alicyclic amines) is 1. The van der Waals surface area contributed by atoms with Gasteiger partial charge in [-0.2, -0.15) is 0 Å². The molecule has 1 saturated heterocycles. The van der Waals surface area contributed by atoms with Crippen LogP contribution in [0, 0.1) is 0 Å². The summed E-state index contributed by atoms with van der Waals surface area (Å²) in [5, 5.41) is 0. The first-order valence-electron chi connectivity index (χ1n) is 6.35. The molecule has 0 aromatic rings. The number of carbonyl (C=O) groups is 1. The molecule has 0 aliphatic carbocycles. The Morgan fingerprint density at radius 3 is 2.50 bits per heavy atom. The Hall–Kier alpha value is -0.770. The van der Waals surface area contributed by atoms with Gasteiger partial charge in [0.25, 0.3) is 0 Å². The second-order valence-corrected chi connectivity index (χ2v) is 4.14. The third kappa shape index (κ3) is 4.39. The zero-order chi connectivity index (χ0) is 11.8. The molecule has 1 heterocycles. The maximum Gasteiger partial charge on any atom is 0.412 e. The Bertz CT molecular complexity index is 202. The Morgan fingerprint density at radius 2 is 1.94 bits per heavy atom. The molecule has 4 nitrogen and oxygen atoms in total. The smallest absolute Gasteiger partial charge is 0.412 e. The summed E-state index contributed by atoms with van der Waals surface area (Å²) in [5.74, 6) is 0. The number of hydrogen-bond donors (Lipinski definition) is 0. The number of nitrogens with zero attached hydrogens (tertiary/aromatic N) is 1. The molecule has 16 heavy (non-hydrogen) atoms. The lowest BCUT2D eigenvalue weighted by atomic mass is 10.1. The van der Waals surface area contributed by atoms with Crippen molar-refractivity contribution < 1.29 is 14.3 Å². The molecule has 0 spiro atoms. The van der Waals surface area contributed by atoms with E-state index in [1.54, 1.807) is 4.90 Å². The van der Waals surface area contributed by atoms with E-state index in [0.29, 0.717) is 13.0 Å². The van der Waals surface area contributed by atoms with E-state index in [-0.39, 0.29) is 12.4 Å². The number of rotatable bonds is 5. The average Bonchev–Trinajstić information content (AvgIpc) is 2.35. The van der Waals surface area contributed by atoms with E-state index < -0.39 is 0 Å². The molecule has 0 aromatic carbocycles. The first-order valence-corrected chi connectivity index (χ1v) is 6.35. The second kappa shape index (κ2) is 7.49. The molecule has 1 aliphatic heterocycles. The quantitative estimate of drug-likeness (QED) is 0.680. The summed E-state index contributed by atoms with van der Waals surface area (Å²) in [4.78, 5) is 13.5.